The molecule has 3 aliphatic rings. The Morgan fingerprint density at radius 1 is 1.17 bits per heavy atom. The highest BCUT2D eigenvalue weighted by molar-refractivity contribution is 9.10. The van der Waals surface area contributed by atoms with E-state index in [1.54, 1.807) is 0 Å². The first kappa shape index (κ1) is 22.7. The number of nitrogens with zero attached hydrogens (tertiary/aromatic N) is 4. The molecule has 2 fully saturated rings. The lowest BCUT2D eigenvalue weighted by atomic mass is 10.0. The van der Waals surface area contributed by atoms with Gasteiger partial charge in [0.1, 0.15) is 29.9 Å². The molecule has 2 aliphatic carbocycles. The number of hydrogen-bond donors (Lipinski definition) is 4. The number of halogens is 1. The van der Waals surface area contributed by atoms with Crippen LogP contribution in [0.2, 0.25) is 0 Å². The third-order valence-corrected chi connectivity index (χ3v) is 8.12. The van der Waals surface area contributed by atoms with Gasteiger partial charge in [-0.1, -0.05) is 24.3 Å². The molecule has 182 valence electrons. The minimum Gasteiger partial charge on any atom is -0.390 e. The molecule has 0 saturated heterocycles. The van der Waals surface area contributed by atoms with E-state index in [1.165, 1.54) is 19.2 Å². The summed E-state index contributed by atoms with van der Waals surface area (Å²) in [5.74, 6) is 2.74. The van der Waals surface area contributed by atoms with Crippen LogP contribution in [0.15, 0.2) is 41.1 Å². The number of aliphatic hydroxyl groups excluding tert-OH is 2. The summed E-state index contributed by atoms with van der Waals surface area (Å²) >= 11 is 3.63. The molecule has 4 atom stereocenters. The van der Waals surface area contributed by atoms with E-state index < -0.39 is 12.2 Å². The molecule has 5 N–H and O–H groups in total. The van der Waals surface area contributed by atoms with Crippen LogP contribution in [0.25, 0.3) is 17.0 Å². The number of hydrogen-bond acceptors (Lipinski definition) is 8. The maximum Gasteiger partial charge on any atom is 0.141 e. The van der Waals surface area contributed by atoms with Crippen molar-refractivity contribution >= 4 is 50.4 Å². The van der Waals surface area contributed by atoms with E-state index in [2.05, 4.69) is 60.4 Å². The smallest absolute Gasteiger partial charge is 0.141 e. The van der Waals surface area contributed by atoms with Crippen molar-refractivity contribution in [2.24, 2.45) is 11.8 Å². The fraction of sp³-hybridized carbons (Fsp3) is 0.423. The zero-order valence-corrected chi connectivity index (χ0v) is 20.9. The van der Waals surface area contributed by atoms with Crippen LogP contribution >= 0.6 is 15.9 Å². The molecule has 4 unspecified atom stereocenters. The molecule has 3 heterocycles. The number of pyridine rings is 1. The Bertz CT molecular complexity index is 1300. The highest BCUT2D eigenvalue weighted by atomic mass is 79.9. The van der Waals surface area contributed by atoms with Crippen molar-refractivity contribution in [2.75, 3.05) is 29.0 Å². The van der Waals surface area contributed by atoms with Crippen molar-refractivity contribution in [3.05, 3.63) is 52.3 Å². The van der Waals surface area contributed by atoms with E-state index in [1.807, 2.05) is 12.2 Å². The molecule has 9 heteroatoms. The Morgan fingerprint density at radius 3 is 2.86 bits per heavy atom. The molecule has 6 rings (SSSR count). The number of fused-ring (bicyclic) bond motifs is 2. The Morgan fingerprint density at radius 2 is 2.03 bits per heavy atom. The van der Waals surface area contributed by atoms with E-state index in [0.717, 1.165) is 57.0 Å². The molecule has 35 heavy (non-hydrogen) atoms. The highest BCUT2D eigenvalue weighted by Gasteiger charge is 2.45. The molecular formula is C26H29BrN6O2. The summed E-state index contributed by atoms with van der Waals surface area (Å²) < 4.78 is 0.971. The van der Waals surface area contributed by atoms with Gasteiger partial charge in [0.25, 0.3) is 0 Å². The molecule has 0 bridgehead atoms. The normalized spacial score (nSPS) is 26.1. The minimum atomic E-state index is -0.859. The lowest BCUT2D eigenvalue weighted by molar-refractivity contribution is 0.0229. The maximum absolute atomic E-state index is 10.9. The van der Waals surface area contributed by atoms with Gasteiger partial charge < -0.3 is 26.2 Å². The number of nitrogens with one attached hydrogen (secondary N) is 1. The van der Waals surface area contributed by atoms with E-state index in [-0.39, 0.29) is 12.0 Å². The van der Waals surface area contributed by atoms with Crippen LogP contribution in [0.5, 0.6) is 0 Å². The van der Waals surface area contributed by atoms with Gasteiger partial charge in [0, 0.05) is 30.0 Å². The van der Waals surface area contributed by atoms with Crippen LogP contribution in [0, 0.1) is 11.8 Å². The zero-order chi connectivity index (χ0) is 24.1. The summed E-state index contributed by atoms with van der Waals surface area (Å²) in [6, 6.07) is 8.05. The Kier molecular flexibility index (Phi) is 5.86. The van der Waals surface area contributed by atoms with E-state index in [4.69, 9.17) is 10.7 Å². The van der Waals surface area contributed by atoms with Crippen LogP contribution in [0.1, 0.15) is 30.4 Å². The molecule has 2 saturated carbocycles. The lowest BCUT2D eigenvalue weighted by Gasteiger charge is -2.28. The van der Waals surface area contributed by atoms with Gasteiger partial charge in [-0.05, 0) is 65.2 Å². The first-order chi connectivity index (χ1) is 17.0. The Hall–Kier alpha value is -2.75. The summed E-state index contributed by atoms with van der Waals surface area (Å²) in [7, 11) is 0. The summed E-state index contributed by atoms with van der Waals surface area (Å²) in [5.41, 5.74) is 8.87. The van der Waals surface area contributed by atoms with Crippen LogP contribution in [0.4, 0.5) is 17.5 Å². The summed E-state index contributed by atoms with van der Waals surface area (Å²) in [4.78, 5) is 15.4. The largest absolute Gasteiger partial charge is 0.390 e. The number of aliphatic hydroxyl groups is 2. The minimum absolute atomic E-state index is 0.164. The van der Waals surface area contributed by atoms with E-state index >= 15 is 0 Å². The van der Waals surface area contributed by atoms with Crippen LogP contribution in [-0.2, 0) is 6.42 Å². The predicted molar refractivity (Wildman–Crippen MR) is 141 cm³/mol. The third kappa shape index (κ3) is 4.37. The summed E-state index contributed by atoms with van der Waals surface area (Å²) in [6.45, 7) is 1.67. The van der Waals surface area contributed by atoms with E-state index in [9.17, 15) is 10.2 Å². The quantitative estimate of drug-likeness (QED) is 0.378. The molecule has 0 amide bonds. The molecule has 3 aromatic rings. The summed E-state index contributed by atoms with van der Waals surface area (Å²) in [5, 5.41) is 26.2. The van der Waals surface area contributed by atoms with Crippen molar-refractivity contribution in [1.82, 2.24) is 15.0 Å². The SMILES string of the molecule is Nc1ncnc2c1CCN2C1CC(/C=C/c2ccc3cc(Br)c(NCC4CC4)nc3c2)C(O)C1O. The summed E-state index contributed by atoms with van der Waals surface area (Å²) in [6.07, 6.45) is 7.75. The van der Waals surface area contributed by atoms with Gasteiger partial charge in [0.15, 0.2) is 0 Å². The molecule has 2 aromatic heterocycles. The van der Waals surface area contributed by atoms with E-state index in [0.29, 0.717) is 18.8 Å². The highest BCUT2D eigenvalue weighted by Crippen LogP contribution is 2.38. The topological polar surface area (TPSA) is 120 Å². The monoisotopic (exact) mass is 536 g/mol. The zero-order valence-electron chi connectivity index (χ0n) is 19.3. The lowest BCUT2D eigenvalue weighted by Crippen LogP contribution is -2.43. The van der Waals surface area contributed by atoms with Crippen molar-refractivity contribution in [2.45, 2.75) is 43.9 Å². The van der Waals surface area contributed by atoms with Gasteiger partial charge in [-0.25, -0.2) is 15.0 Å². The number of nitrogen functional groups attached to an aromatic ring is 1. The average Bonchev–Trinajstić information content (AvgIpc) is 3.52. The number of rotatable bonds is 6. The molecule has 8 nitrogen and oxygen atoms in total. The molecule has 1 aromatic carbocycles. The van der Waals surface area contributed by atoms with Gasteiger partial charge in [-0.15, -0.1) is 0 Å². The average molecular weight is 537 g/mol. The number of nitrogens with two attached hydrogens (primary N) is 1. The van der Waals surface area contributed by atoms with Crippen molar-refractivity contribution in [3.8, 4) is 0 Å². The Balaban J connectivity index is 1.19. The second kappa shape index (κ2) is 9.04. The van der Waals surface area contributed by atoms with Crippen molar-refractivity contribution in [1.29, 1.82) is 0 Å². The van der Waals surface area contributed by atoms with Gasteiger partial charge in [-0.3, -0.25) is 0 Å². The van der Waals surface area contributed by atoms with Gasteiger partial charge in [0.2, 0.25) is 0 Å². The first-order valence-electron chi connectivity index (χ1n) is 12.2. The predicted octanol–water partition coefficient (Wildman–Crippen LogP) is 3.38. The second-order valence-corrected chi connectivity index (χ2v) is 10.8. The maximum atomic E-state index is 10.9. The van der Waals surface area contributed by atoms with Gasteiger partial charge in [-0.2, -0.15) is 0 Å². The van der Waals surface area contributed by atoms with Gasteiger partial charge in [0.05, 0.1) is 22.1 Å². The second-order valence-electron chi connectivity index (χ2n) is 9.91. The third-order valence-electron chi connectivity index (χ3n) is 7.51. The van der Waals surface area contributed by atoms with Crippen molar-refractivity contribution < 1.29 is 10.2 Å². The van der Waals surface area contributed by atoms with Crippen LogP contribution < -0.4 is 16.0 Å². The molecule has 1 aliphatic heterocycles. The molecular weight excluding hydrogens is 508 g/mol. The fourth-order valence-corrected chi connectivity index (χ4v) is 5.77. The fourth-order valence-electron chi connectivity index (χ4n) is 5.29. The number of anilines is 3. The Labute approximate surface area is 212 Å². The number of benzene rings is 1. The van der Waals surface area contributed by atoms with Crippen LogP contribution in [0.3, 0.4) is 0 Å². The number of aromatic nitrogens is 3. The first-order valence-corrected chi connectivity index (χ1v) is 13.0. The molecule has 0 spiro atoms. The standard InChI is InChI=1S/C26H29BrN6O2/c27-19-10-16-5-3-14(9-20(16)32-25(19)29-12-15-1-2-15)4-6-17-11-21(23(35)22(17)34)33-8-7-18-24(28)30-13-31-26(18)33/h3-6,9-10,13,15,17,21-23,34-35H,1-2,7-8,11-12H2,(H,29,32)(H2,28,30,31)/b6-4+. The van der Waals surface area contributed by atoms with Gasteiger partial charge >= 0.3 is 0 Å². The molecule has 0 radical (unpaired) electrons. The van der Waals surface area contributed by atoms with Crippen molar-refractivity contribution in [3.63, 3.8) is 0 Å². The van der Waals surface area contributed by atoms with Crippen LogP contribution in [-0.4, -0.2) is 56.5 Å².